The standard InChI is InChI=1S/C63H81NO17/c1-34(2)15-22-48(66)35(3)63(73)51(30-47-44-21-18-37-29-38(65)23-26-61(37,4)46(44)24-27-62(47,63)5)78-58-53(70)54(49(67)32-75-58)81-59-56(80-57(71)36-16-19-39(74-6)20-17-36)55(50(68)33-76-59)79-52(69)25-28-64-60(72)77-31-45-42-13-9-7-11-40(42)41-12-8-10-14-43(41)45/h7-14,16-20,34-35,38,44-47,49-51,53-56,58-59,65,67-68,70,73H,15,21-33H2,1-6H3,(H,64,72)/t35-,38+,44-,46?,47+,49?,50?,51+,53?,54?,55?,56?,58?,59?,61+,62+,63-/m1/s1. The molecule has 0 spiro atoms. The minimum absolute atomic E-state index is 0.0542. The van der Waals surface area contributed by atoms with Crippen molar-refractivity contribution in [2.24, 2.45) is 40.4 Å². The molecular formula is C63H81NO17. The predicted octanol–water partition coefficient (Wildman–Crippen LogP) is 6.93. The predicted molar refractivity (Wildman–Crippen MR) is 293 cm³/mol. The Morgan fingerprint density at radius 2 is 1.43 bits per heavy atom. The molecule has 440 valence electrons. The van der Waals surface area contributed by atoms with Crippen molar-refractivity contribution in [3.63, 3.8) is 0 Å². The number of Topliss-reactive ketones (excluding diaryl/α,β-unsaturated/α-hetero) is 1. The Bertz CT molecular complexity index is 2740. The number of benzene rings is 3. The van der Waals surface area contributed by atoms with Crippen molar-refractivity contribution >= 4 is 23.8 Å². The number of carbonyl (C=O) groups is 4. The minimum atomic E-state index is -1.76. The molecule has 9 unspecified atom stereocenters. The van der Waals surface area contributed by atoms with Gasteiger partial charge in [-0.2, -0.15) is 0 Å². The Kier molecular flexibility index (Phi) is 17.5. The second kappa shape index (κ2) is 24.1. The van der Waals surface area contributed by atoms with E-state index in [0.29, 0.717) is 31.4 Å². The van der Waals surface area contributed by atoms with Crippen molar-refractivity contribution in [3.8, 4) is 16.9 Å². The summed E-state index contributed by atoms with van der Waals surface area (Å²) < 4.78 is 47.9. The van der Waals surface area contributed by atoms with Gasteiger partial charge in [0.25, 0.3) is 0 Å². The average Bonchev–Trinajstić information content (AvgIpc) is 2.10. The van der Waals surface area contributed by atoms with Crippen LogP contribution in [0.1, 0.15) is 126 Å². The van der Waals surface area contributed by atoms with Gasteiger partial charge in [0, 0.05) is 30.2 Å². The summed E-state index contributed by atoms with van der Waals surface area (Å²) in [6, 6.07) is 21.8. The zero-order valence-corrected chi connectivity index (χ0v) is 47.3. The number of allylic oxidation sites excluding steroid dienone is 1. The number of methoxy groups -OCH3 is 1. The van der Waals surface area contributed by atoms with E-state index in [0.717, 1.165) is 47.9 Å². The van der Waals surface area contributed by atoms with Gasteiger partial charge in [-0.3, -0.25) is 9.59 Å². The number of hydrogen-bond donors (Lipinski definition) is 6. The van der Waals surface area contributed by atoms with Gasteiger partial charge in [0.15, 0.2) is 24.8 Å². The van der Waals surface area contributed by atoms with Gasteiger partial charge in [0.2, 0.25) is 0 Å². The number of carbonyl (C=O) groups excluding carboxylic acids is 4. The van der Waals surface area contributed by atoms with Gasteiger partial charge in [-0.15, -0.1) is 0 Å². The van der Waals surface area contributed by atoms with Crippen molar-refractivity contribution < 1.29 is 82.6 Å². The fraction of sp³-hybridized carbons (Fsp3) is 0.619. The van der Waals surface area contributed by atoms with Crippen LogP contribution in [0.5, 0.6) is 5.75 Å². The van der Waals surface area contributed by atoms with Crippen molar-refractivity contribution in [1.29, 1.82) is 0 Å². The third kappa shape index (κ3) is 11.3. The van der Waals surface area contributed by atoms with E-state index in [1.165, 1.54) is 24.8 Å². The molecule has 18 nitrogen and oxygen atoms in total. The number of aliphatic hydroxyl groups is 5. The molecule has 5 aliphatic carbocycles. The molecule has 6 N–H and O–H groups in total. The highest BCUT2D eigenvalue weighted by Crippen LogP contribution is 2.69. The van der Waals surface area contributed by atoms with E-state index >= 15 is 0 Å². The number of nitrogens with one attached hydrogen (secondary N) is 1. The maximum atomic E-state index is 14.3. The zero-order chi connectivity index (χ0) is 57.5. The number of ketones is 1. The SMILES string of the molecule is COc1ccc(C(=O)OC2C(OC3C(O)COC(O[C@H]4C[C@H]5[C@@H]6CC=C7C[C@@H](O)CC[C@]7(C)C6CC[C@]5(C)[C@@]4(O)[C@H](C)C(=O)CCC(C)C)C3O)OCC(O)C2OC(=O)CCNC(=O)OCC2c3ccccc3-c3ccccc32)cc1. The van der Waals surface area contributed by atoms with E-state index in [1.54, 1.807) is 19.1 Å². The summed E-state index contributed by atoms with van der Waals surface area (Å²) in [6.07, 6.45) is -7.39. The summed E-state index contributed by atoms with van der Waals surface area (Å²) in [5.74, 6) is -1.86. The second-order valence-electron chi connectivity index (χ2n) is 24.6. The fourth-order valence-corrected chi connectivity index (χ4v) is 15.1. The highest BCUT2D eigenvalue weighted by molar-refractivity contribution is 5.89. The molecule has 2 aliphatic heterocycles. The molecule has 2 heterocycles. The number of rotatable bonds is 18. The molecule has 2 saturated heterocycles. The summed E-state index contributed by atoms with van der Waals surface area (Å²) in [6.45, 7) is 9.21. The number of ether oxygens (including phenoxy) is 8. The molecule has 0 aromatic heterocycles. The molecular weight excluding hydrogens is 1040 g/mol. The van der Waals surface area contributed by atoms with Gasteiger partial charge in [-0.1, -0.05) is 94.8 Å². The van der Waals surface area contributed by atoms with E-state index in [9.17, 15) is 44.7 Å². The van der Waals surface area contributed by atoms with Crippen LogP contribution in [0.25, 0.3) is 11.1 Å². The van der Waals surface area contributed by atoms with Crippen LogP contribution in [-0.4, -0.2) is 150 Å². The smallest absolute Gasteiger partial charge is 0.407 e. The van der Waals surface area contributed by atoms with E-state index in [-0.39, 0.29) is 78.4 Å². The monoisotopic (exact) mass is 1120 g/mol. The molecule has 0 radical (unpaired) electrons. The third-order valence-corrected chi connectivity index (χ3v) is 19.6. The molecule has 5 fully saturated rings. The lowest BCUT2D eigenvalue weighted by Crippen LogP contribution is -2.64. The summed E-state index contributed by atoms with van der Waals surface area (Å²) in [5.41, 5.74) is 2.98. The summed E-state index contributed by atoms with van der Waals surface area (Å²) in [4.78, 5) is 54.8. The van der Waals surface area contributed by atoms with Crippen LogP contribution in [-0.2, 0) is 42.7 Å². The zero-order valence-electron chi connectivity index (χ0n) is 47.3. The maximum absolute atomic E-state index is 14.3. The van der Waals surface area contributed by atoms with Crippen LogP contribution in [0.15, 0.2) is 84.4 Å². The molecule has 18 heteroatoms. The molecule has 7 aliphatic rings. The Morgan fingerprint density at radius 1 is 0.765 bits per heavy atom. The number of alkyl carbamates (subject to hydrolysis) is 1. The van der Waals surface area contributed by atoms with E-state index in [2.05, 4.69) is 39.1 Å². The molecule has 17 atom stereocenters. The summed E-state index contributed by atoms with van der Waals surface area (Å²) >= 11 is 0. The normalized spacial score (nSPS) is 35.5. The number of hydrogen-bond acceptors (Lipinski definition) is 17. The highest BCUT2D eigenvalue weighted by atomic mass is 16.7. The van der Waals surface area contributed by atoms with Crippen molar-refractivity contribution in [3.05, 3.63) is 101 Å². The van der Waals surface area contributed by atoms with E-state index < -0.39 is 103 Å². The molecule has 3 aromatic rings. The van der Waals surface area contributed by atoms with Gasteiger partial charge in [0.1, 0.15) is 48.2 Å². The lowest BCUT2D eigenvalue weighted by molar-refractivity contribution is -0.344. The van der Waals surface area contributed by atoms with Crippen LogP contribution in [0, 0.1) is 40.4 Å². The minimum Gasteiger partial charge on any atom is -0.497 e. The largest absolute Gasteiger partial charge is 0.497 e. The van der Waals surface area contributed by atoms with Crippen LogP contribution >= 0.6 is 0 Å². The van der Waals surface area contributed by atoms with Gasteiger partial charge in [-0.05, 0) is 127 Å². The summed E-state index contributed by atoms with van der Waals surface area (Å²) in [5, 5.41) is 62.0. The first-order chi connectivity index (χ1) is 38.7. The molecule has 81 heavy (non-hydrogen) atoms. The maximum Gasteiger partial charge on any atom is 0.407 e. The van der Waals surface area contributed by atoms with E-state index in [1.807, 2.05) is 48.5 Å². The first-order valence-electron chi connectivity index (χ1n) is 29.1. The van der Waals surface area contributed by atoms with Crippen molar-refractivity contribution in [1.82, 2.24) is 5.32 Å². The van der Waals surface area contributed by atoms with Gasteiger partial charge in [0.05, 0.1) is 44.5 Å². The van der Waals surface area contributed by atoms with Gasteiger partial charge in [-0.25, -0.2) is 9.59 Å². The Hall–Kier alpha value is -5.28. The lowest BCUT2D eigenvalue weighted by Gasteiger charge is -2.59. The van der Waals surface area contributed by atoms with Crippen molar-refractivity contribution in [2.75, 3.05) is 33.5 Å². The first-order valence-corrected chi connectivity index (χ1v) is 29.1. The Morgan fingerprint density at radius 3 is 2.11 bits per heavy atom. The van der Waals surface area contributed by atoms with Crippen molar-refractivity contribution in [2.45, 2.75) is 172 Å². The molecule has 0 bridgehead atoms. The number of fused-ring (bicyclic) bond motifs is 8. The number of aliphatic hydroxyl groups excluding tert-OH is 4. The number of amides is 1. The van der Waals surface area contributed by atoms with E-state index in [4.69, 9.17) is 37.9 Å². The lowest BCUT2D eigenvalue weighted by atomic mass is 9.46. The quantitative estimate of drug-likeness (QED) is 0.0429. The summed E-state index contributed by atoms with van der Waals surface area (Å²) in [7, 11) is 1.47. The Balaban J connectivity index is 0.845. The molecule has 1 amide bonds. The Labute approximate surface area is 473 Å². The number of esters is 2. The molecule has 3 aromatic carbocycles. The van der Waals surface area contributed by atoms with Gasteiger partial charge >= 0.3 is 18.0 Å². The highest BCUT2D eigenvalue weighted by Gasteiger charge is 2.70. The topological polar surface area (TPSA) is 255 Å². The molecule has 3 saturated carbocycles. The average molecular weight is 1120 g/mol. The van der Waals surface area contributed by atoms with Crippen LogP contribution in [0.2, 0.25) is 0 Å². The fourth-order valence-electron chi connectivity index (χ4n) is 15.1. The first kappa shape index (κ1) is 58.9. The van der Waals surface area contributed by atoms with Gasteiger partial charge < -0.3 is 68.7 Å². The van der Waals surface area contributed by atoms with Crippen LogP contribution < -0.4 is 10.1 Å². The van der Waals surface area contributed by atoms with Crippen LogP contribution in [0.3, 0.4) is 0 Å². The molecule has 10 rings (SSSR count). The van der Waals surface area contributed by atoms with Crippen LogP contribution in [0.4, 0.5) is 4.79 Å². The second-order valence-corrected chi connectivity index (χ2v) is 24.6. The third-order valence-electron chi connectivity index (χ3n) is 19.6.